The number of hydrogen-bond donors (Lipinski definition) is 1. The number of benzene rings is 1. The first-order chi connectivity index (χ1) is 8.19. The molecule has 6 heteroatoms. The van der Waals surface area contributed by atoms with E-state index in [1.807, 2.05) is 6.07 Å². The Kier molecular flexibility index (Phi) is 3.12. The van der Waals surface area contributed by atoms with Crippen LogP contribution in [0.15, 0.2) is 24.3 Å². The van der Waals surface area contributed by atoms with Crippen LogP contribution in [0.4, 0.5) is 0 Å². The highest BCUT2D eigenvalue weighted by Crippen LogP contribution is 2.17. The second-order valence-electron chi connectivity index (χ2n) is 3.65. The van der Waals surface area contributed by atoms with Crippen molar-refractivity contribution in [2.75, 3.05) is 0 Å². The van der Waals surface area contributed by atoms with Gasteiger partial charge in [-0.25, -0.2) is 0 Å². The van der Waals surface area contributed by atoms with Gasteiger partial charge >= 0.3 is 0 Å². The summed E-state index contributed by atoms with van der Waals surface area (Å²) >= 11 is 0. The zero-order chi connectivity index (χ0) is 12.3. The maximum Gasteiger partial charge on any atom is 0.177 e. The third-order valence-corrected chi connectivity index (χ3v) is 2.33. The van der Waals surface area contributed by atoms with Gasteiger partial charge in [0.2, 0.25) is 0 Å². The van der Waals surface area contributed by atoms with Gasteiger partial charge in [-0.3, -0.25) is 0 Å². The SMILES string of the molecule is Cn1nnc(CC(O)c2cccc(C#N)c2)n1. The monoisotopic (exact) mass is 229 g/mol. The van der Waals surface area contributed by atoms with Crippen LogP contribution in [0.5, 0.6) is 0 Å². The van der Waals surface area contributed by atoms with Crippen molar-refractivity contribution < 1.29 is 5.11 Å². The molecule has 0 spiro atoms. The van der Waals surface area contributed by atoms with Gasteiger partial charge in [0.25, 0.3) is 0 Å². The van der Waals surface area contributed by atoms with Crippen molar-refractivity contribution in [2.45, 2.75) is 12.5 Å². The van der Waals surface area contributed by atoms with Gasteiger partial charge in [-0.05, 0) is 22.9 Å². The first-order valence-corrected chi connectivity index (χ1v) is 5.10. The van der Waals surface area contributed by atoms with E-state index in [-0.39, 0.29) is 6.42 Å². The Morgan fingerprint density at radius 1 is 1.53 bits per heavy atom. The normalized spacial score (nSPS) is 12.1. The maximum atomic E-state index is 9.98. The molecular weight excluding hydrogens is 218 g/mol. The van der Waals surface area contributed by atoms with Gasteiger partial charge in [0.1, 0.15) is 0 Å². The summed E-state index contributed by atoms with van der Waals surface area (Å²) in [7, 11) is 1.67. The van der Waals surface area contributed by atoms with Crippen LogP contribution in [0.1, 0.15) is 23.1 Å². The van der Waals surface area contributed by atoms with Crippen molar-refractivity contribution in [3.05, 3.63) is 41.2 Å². The molecule has 0 amide bonds. The van der Waals surface area contributed by atoms with Crippen LogP contribution in [0.25, 0.3) is 0 Å². The van der Waals surface area contributed by atoms with Gasteiger partial charge in [0.05, 0.1) is 24.8 Å². The predicted octanol–water partition coefficient (Wildman–Crippen LogP) is 0.358. The van der Waals surface area contributed by atoms with Gasteiger partial charge in [0, 0.05) is 6.42 Å². The van der Waals surface area contributed by atoms with Gasteiger partial charge in [-0.2, -0.15) is 10.1 Å². The number of rotatable bonds is 3. The molecule has 6 nitrogen and oxygen atoms in total. The van der Waals surface area contributed by atoms with E-state index in [4.69, 9.17) is 5.26 Å². The Morgan fingerprint density at radius 3 is 3.00 bits per heavy atom. The zero-order valence-electron chi connectivity index (χ0n) is 9.28. The molecule has 0 radical (unpaired) electrons. The van der Waals surface area contributed by atoms with Crippen LogP contribution in [-0.4, -0.2) is 25.3 Å². The van der Waals surface area contributed by atoms with Crippen LogP contribution in [0.2, 0.25) is 0 Å². The molecule has 1 N–H and O–H groups in total. The summed E-state index contributed by atoms with van der Waals surface area (Å²) in [6, 6.07) is 8.88. The average Bonchev–Trinajstić information content (AvgIpc) is 2.75. The zero-order valence-corrected chi connectivity index (χ0v) is 9.28. The van der Waals surface area contributed by atoms with Crippen molar-refractivity contribution >= 4 is 0 Å². The molecule has 0 aliphatic carbocycles. The molecular formula is C11H11N5O. The quantitative estimate of drug-likeness (QED) is 0.820. The third-order valence-electron chi connectivity index (χ3n) is 2.33. The van der Waals surface area contributed by atoms with E-state index in [0.717, 1.165) is 0 Å². The minimum atomic E-state index is -0.729. The van der Waals surface area contributed by atoms with E-state index in [2.05, 4.69) is 15.4 Å². The van der Waals surface area contributed by atoms with Gasteiger partial charge in [-0.1, -0.05) is 12.1 Å². The Labute approximate surface area is 98.1 Å². The van der Waals surface area contributed by atoms with E-state index in [1.54, 1.807) is 31.3 Å². The molecule has 1 atom stereocenters. The summed E-state index contributed by atoms with van der Waals surface area (Å²) in [4.78, 5) is 1.34. The molecule has 0 bridgehead atoms. The molecule has 0 saturated carbocycles. The Morgan fingerprint density at radius 2 is 2.35 bits per heavy atom. The lowest BCUT2D eigenvalue weighted by Crippen LogP contribution is -2.04. The van der Waals surface area contributed by atoms with Crippen molar-refractivity contribution in [3.8, 4) is 6.07 Å². The minimum absolute atomic E-state index is 0.280. The molecule has 86 valence electrons. The first kappa shape index (κ1) is 11.2. The molecule has 1 unspecified atom stereocenters. The van der Waals surface area contributed by atoms with Crippen molar-refractivity contribution in [2.24, 2.45) is 7.05 Å². The molecule has 0 aliphatic rings. The molecule has 17 heavy (non-hydrogen) atoms. The van der Waals surface area contributed by atoms with Crippen LogP contribution in [-0.2, 0) is 13.5 Å². The van der Waals surface area contributed by atoms with Crippen LogP contribution < -0.4 is 0 Å². The molecule has 1 aromatic carbocycles. The Hall–Kier alpha value is -2.26. The molecule has 0 fully saturated rings. The maximum absolute atomic E-state index is 9.98. The lowest BCUT2D eigenvalue weighted by atomic mass is 10.0. The van der Waals surface area contributed by atoms with Crippen molar-refractivity contribution in [1.29, 1.82) is 5.26 Å². The number of aryl methyl sites for hydroxylation is 1. The standard InChI is InChI=1S/C11H11N5O/c1-16-14-11(13-15-16)6-10(17)9-4-2-3-8(5-9)7-12/h2-5,10,17H,6H2,1H3. The number of aromatic nitrogens is 4. The number of tetrazole rings is 1. The second kappa shape index (κ2) is 4.72. The molecule has 0 saturated heterocycles. The van der Waals surface area contributed by atoms with Crippen LogP contribution >= 0.6 is 0 Å². The number of nitriles is 1. The number of aliphatic hydroxyl groups excluding tert-OH is 1. The van der Waals surface area contributed by atoms with Gasteiger partial charge in [0.15, 0.2) is 5.82 Å². The lowest BCUT2D eigenvalue weighted by Gasteiger charge is -2.08. The first-order valence-electron chi connectivity index (χ1n) is 5.10. The smallest absolute Gasteiger partial charge is 0.177 e. The van der Waals surface area contributed by atoms with Crippen LogP contribution in [0.3, 0.4) is 0 Å². The fraction of sp³-hybridized carbons (Fsp3) is 0.273. The van der Waals surface area contributed by atoms with E-state index in [9.17, 15) is 5.11 Å². The van der Waals surface area contributed by atoms with E-state index in [1.165, 1.54) is 4.80 Å². The van der Waals surface area contributed by atoms with E-state index in [0.29, 0.717) is 17.0 Å². The Balaban J connectivity index is 2.14. The van der Waals surface area contributed by atoms with Crippen LogP contribution in [0, 0.1) is 11.3 Å². The van der Waals surface area contributed by atoms with Crippen molar-refractivity contribution in [1.82, 2.24) is 20.2 Å². The van der Waals surface area contributed by atoms with E-state index < -0.39 is 6.10 Å². The summed E-state index contributed by atoms with van der Waals surface area (Å²) in [5, 5.41) is 30.2. The summed E-state index contributed by atoms with van der Waals surface area (Å²) in [5.41, 5.74) is 1.20. The number of aliphatic hydroxyl groups is 1. The fourth-order valence-electron chi connectivity index (χ4n) is 1.51. The molecule has 2 aromatic rings. The number of hydrogen-bond acceptors (Lipinski definition) is 5. The second-order valence-corrected chi connectivity index (χ2v) is 3.65. The number of nitrogens with zero attached hydrogens (tertiary/aromatic N) is 5. The highest BCUT2D eigenvalue weighted by atomic mass is 16.3. The largest absolute Gasteiger partial charge is 0.388 e. The molecule has 1 aromatic heterocycles. The summed E-state index contributed by atoms with van der Waals surface area (Å²) < 4.78 is 0. The average molecular weight is 229 g/mol. The topological polar surface area (TPSA) is 87.6 Å². The third kappa shape index (κ3) is 2.65. The minimum Gasteiger partial charge on any atom is -0.388 e. The van der Waals surface area contributed by atoms with E-state index >= 15 is 0 Å². The fourth-order valence-corrected chi connectivity index (χ4v) is 1.51. The summed E-state index contributed by atoms with van der Waals surface area (Å²) in [6.45, 7) is 0. The van der Waals surface area contributed by atoms with Gasteiger partial charge in [-0.15, -0.1) is 10.2 Å². The Bertz CT molecular complexity index is 557. The molecule has 2 rings (SSSR count). The summed E-state index contributed by atoms with van der Waals surface area (Å²) in [6.07, 6.45) is -0.449. The lowest BCUT2D eigenvalue weighted by molar-refractivity contribution is 0.175. The summed E-state index contributed by atoms with van der Waals surface area (Å²) in [5.74, 6) is 0.474. The highest BCUT2D eigenvalue weighted by Gasteiger charge is 2.12. The molecule has 0 aliphatic heterocycles. The highest BCUT2D eigenvalue weighted by molar-refractivity contribution is 5.33. The van der Waals surface area contributed by atoms with Gasteiger partial charge < -0.3 is 5.11 Å². The van der Waals surface area contributed by atoms with Crippen molar-refractivity contribution in [3.63, 3.8) is 0 Å². The molecule has 1 heterocycles. The predicted molar refractivity (Wildman–Crippen MR) is 58.6 cm³/mol.